The number of nitrogens with one attached hydrogen (secondary N) is 2. The van der Waals surface area contributed by atoms with Gasteiger partial charge in [0.2, 0.25) is 0 Å². The van der Waals surface area contributed by atoms with Crippen molar-refractivity contribution in [2.24, 2.45) is 5.92 Å². The molecule has 2 N–H and O–H groups in total. The molecule has 2 aromatic carbocycles. The molecule has 0 bridgehead atoms. The predicted octanol–water partition coefficient (Wildman–Crippen LogP) is 4.81. The molecule has 2 aromatic rings. The summed E-state index contributed by atoms with van der Waals surface area (Å²) in [5.41, 5.74) is 2.82. The topological polar surface area (TPSA) is 44.4 Å². The zero-order valence-corrected chi connectivity index (χ0v) is 16.7. The Morgan fingerprint density at radius 3 is 2.79 bits per heavy atom. The van der Waals surface area contributed by atoms with Crippen LogP contribution in [-0.4, -0.2) is 25.7 Å². The van der Waals surface area contributed by atoms with Gasteiger partial charge in [0, 0.05) is 30.3 Å². The number of hydrogen-bond acceptors (Lipinski definition) is 2. The Kier molecular flexibility index (Phi) is 6.39. The summed E-state index contributed by atoms with van der Waals surface area (Å²) in [6, 6.07) is 8.74. The Hall–Kier alpha value is -2.34. The van der Waals surface area contributed by atoms with Crippen molar-refractivity contribution in [1.29, 1.82) is 0 Å². The minimum absolute atomic E-state index is 0.324. The van der Waals surface area contributed by atoms with E-state index in [1.165, 1.54) is 11.6 Å². The average molecular weight is 408 g/mol. The number of rotatable bonds is 5. The van der Waals surface area contributed by atoms with Crippen molar-refractivity contribution in [3.8, 4) is 0 Å². The molecule has 2 atom stereocenters. The van der Waals surface area contributed by atoms with Crippen molar-refractivity contribution < 1.29 is 13.6 Å². The molecule has 150 valence electrons. The molecule has 0 aromatic heterocycles. The summed E-state index contributed by atoms with van der Waals surface area (Å²) in [6.45, 7) is 6.10. The van der Waals surface area contributed by atoms with Crippen LogP contribution >= 0.6 is 11.6 Å². The lowest BCUT2D eigenvalue weighted by atomic mass is 10.1. The number of carbonyl (C=O) groups is 1. The molecule has 0 radical (unpaired) electrons. The Bertz CT molecular complexity index is 862. The second-order valence-corrected chi connectivity index (χ2v) is 7.72. The lowest BCUT2D eigenvalue weighted by Crippen LogP contribution is -2.40. The maximum Gasteiger partial charge on any atom is 0.315 e. The first-order valence-electron chi connectivity index (χ1n) is 9.34. The van der Waals surface area contributed by atoms with Crippen LogP contribution in [0.3, 0.4) is 0 Å². The molecule has 1 aliphatic heterocycles. The highest BCUT2D eigenvalue weighted by atomic mass is 35.5. The highest BCUT2D eigenvalue weighted by Crippen LogP contribution is 2.29. The second kappa shape index (κ2) is 8.78. The molecule has 1 aliphatic rings. The largest absolute Gasteiger partial charge is 0.371 e. The molecule has 1 fully saturated rings. The van der Waals surface area contributed by atoms with E-state index in [-0.39, 0.29) is 6.03 Å². The number of amides is 2. The normalized spacial score (nSPS) is 17.5. The summed E-state index contributed by atoms with van der Waals surface area (Å²) in [5.74, 6) is -1.49. The molecule has 0 saturated carbocycles. The third-order valence-electron chi connectivity index (χ3n) is 5.14. The summed E-state index contributed by atoms with van der Waals surface area (Å²) in [5, 5.41) is 6.35. The summed E-state index contributed by atoms with van der Waals surface area (Å²) in [7, 11) is 0. The maximum atomic E-state index is 13.3. The molecular formula is C21H24ClF2N3O. The quantitative estimate of drug-likeness (QED) is 0.746. The lowest BCUT2D eigenvalue weighted by molar-refractivity contribution is 0.236. The number of halogens is 3. The second-order valence-electron chi connectivity index (χ2n) is 7.28. The molecule has 3 rings (SSSR count). The fraction of sp³-hybridized carbons (Fsp3) is 0.381. The number of nitrogens with zero attached hydrogens (tertiary/aromatic N) is 1. The van der Waals surface area contributed by atoms with Gasteiger partial charge in [-0.2, -0.15) is 0 Å². The van der Waals surface area contributed by atoms with E-state index >= 15 is 0 Å². The van der Waals surface area contributed by atoms with E-state index < -0.39 is 17.7 Å². The number of urea groups is 1. The molecule has 1 saturated heterocycles. The fourth-order valence-electron chi connectivity index (χ4n) is 3.49. The van der Waals surface area contributed by atoms with Gasteiger partial charge in [-0.15, -0.1) is 0 Å². The monoisotopic (exact) mass is 407 g/mol. The van der Waals surface area contributed by atoms with Gasteiger partial charge in [0.05, 0.1) is 6.04 Å². The van der Waals surface area contributed by atoms with Crippen LogP contribution in [0.2, 0.25) is 5.02 Å². The first-order valence-corrected chi connectivity index (χ1v) is 9.71. The van der Waals surface area contributed by atoms with Crippen LogP contribution in [0.1, 0.15) is 30.5 Å². The van der Waals surface area contributed by atoms with E-state index in [9.17, 15) is 13.6 Å². The molecule has 2 unspecified atom stereocenters. The number of carbonyl (C=O) groups excluding carboxylic acids is 1. The van der Waals surface area contributed by atoms with Gasteiger partial charge in [-0.1, -0.05) is 23.7 Å². The van der Waals surface area contributed by atoms with Crippen LogP contribution in [-0.2, 0) is 0 Å². The highest BCUT2D eigenvalue weighted by Gasteiger charge is 2.24. The number of benzene rings is 2. The highest BCUT2D eigenvalue weighted by molar-refractivity contribution is 6.30. The van der Waals surface area contributed by atoms with Gasteiger partial charge < -0.3 is 15.5 Å². The van der Waals surface area contributed by atoms with E-state index in [0.29, 0.717) is 23.0 Å². The maximum absolute atomic E-state index is 13.3. The zero-order valence-electron chi connectivity index (χ0n) is 15.9. The van der Waals surface area contributed by atoms with Crippen LogP contribution in [0.15, 0.2) is 36.4 Å². The lowest BCUT2D eigenvalue weighted by Gasteiger charge is -2.21. The first kappa shape index (κ1) is 20.4. The zero-order chi connectivity index (χ0) is 20.3. The summed E-state index contributed by atoms with van der Waals surface area (Å²) >= 11 is 6.12. The van der Waals surface area contributed by atoms with Gasteiger partial charge >= 0.3 is 6.03 Å². The molecular weight excluding hydrogens is 384 g/mol. The van der Waals surface area contributed by atoms with Crippen molar-refractivity contribution in [3.63, 3.8) is 0 Å². The molecule has 0 aliphatic carbocycles. The fourth-order valence-corrected chi connectivity index (χ4v) is 3.66. The van der Waals surface area contributed by atoms with E-state index in [2.05, 4.69) is 22.5 Å². The van der Waals surface area contributed by atoms with Gasteiger partial charge in [-0.05, 0) is 61.6 Å². The predicted molar refractivity (Wildman–Crippen MR) is 108 cm³/mol. The van der Waals surface area contributed by atoms with E-state index in [1.54, 1.807) is 6.92 Å². The van der Waals surface area contributed by atoms with E-state index in [0.717, 1.165) is 37.3 Å². The van der Waals surface area contributed by atoms with Crippen molar-refractivity contribution in [3.05, 3.63) is 64.2 Å². The summed E-state index contributed by atoms with van der Waals surface area (Å²) in [6.07, 6.45) is 0.977. The summed E-state index contributed by atoms with van der Waals surface area (Å²) in [4.78, 5) is 14.5. The third-order valence-corrected chi connectivity index (χ3v) is 5.38. The van der Waals surface area contributed by atoms with Crippen LogP contribution in [0.5, 0.6) is 0 Å². The average Bonchev–Trinajstić information content (AvgIpc) is 3.13. The first-order chi connectivity index (χ1) is 13.3. The standard InChI is InChI=1S/C21H24ClF2N3O/c1-13-3-5-17(22)10-20(13)27-8-7-15(12-27)11-25-21(28)26-14(2)16-4-6-18(23)19(24)9-16/h3-6,9-10,14-15H,7-8,11-12H2,1-2H3,(H2,25,26,28). The number of aryl methyl sites for hydroxylation is 1. The summed E-state index contributed by atoms with van der Waals surface area (Å²) < 4.78 is 26.4. The Morgan fingerprint density at radius 2 is 2.04 bits per heavy atom. The number of hydrogen-bond donors (Lipinski definition) is 2. The van der Waals surface area contributed by atoms with E-state index in [4.69, 9.17) is 11.6 Å². The van der Waals surface area contributed by atoms with Crippen LogP contribution < -0.4 is 15.5 Å². The minimum atomic E-state index is -0.922. The van der Waals surface area contributed by atoms with Gasteiger partial charge in [0.25, 0.3) is 0 Å². The van der Waals surface area contributed by atoms with Crippen LogP contribution in [0.4, 0.5) is 19.3 Å². The van der Waals surface area contributed by atoms with Crippen LogP contribution in [0, 0.1) is 24.5 Å². The van der Waals surface area contributed by atoms with E-state index in [1.807, 2.05) is 18.2 Å². The minimum Gasteiger partial charge on any atom is -0.371 e. The molecule has 1 heterocycles. The third kappa shape index (κ3) is 4.93. The van der Waals surface area contributed by atoms with Crippen molar-refractivity contribution >= 4 is 23.3 Å². The Balaban J connectivity index is 1.48. The molecule has 2 amide bonds. The van der Waals surface area contributed by atoms with Crippen LogP contribution in [0.25, 0.3) is 0 Å². The van der Waals surface area contributed by atoms with Gasteiger partial charge in [-0.25, -0.2) is 13.6 Å². The SMILES string of the molecule is Cc1ccc(Cl)cc1N1CCC(CNC(=O)NC(C)c2ccc(F)c(F)c2)C1. The van der Waals surface area contributed by atoms with Gasteiger partial charge in [0.1, 0.15) is 0 Å². The Labute approximate surface area is 168 Å². The van der Waals surface area contributed by atoms with Crippen molar-refractivity contribution in [2.75, 3.05) is 24.5 Å². The van der Waals surface area contributed by atoms with Gasteiger partial charge in [0.15, 0.2) is 11.6 Å². The Morgan fingerprint density at radius 1 is 1.25 bits per heavy atom. The number of anilines is 1. The molecule has 7 heteroatoms. The molecule has 4 nitrogen and oxygen atoms in total. The smallest absolute Gasteiger partial charge is 0.315 e. The van der Waals surface area contributed by atoms with Crippen molar-refractivity contribution in [2.45, 2.75) is 26.3 Å². The molecule has 0 spiro atoms. The van der Waals surface area contributed by atoms with Crippen molar-refractivity contribution in [1.82, 2.24) is 10.6 Å². The van der Waals surface area contributed by atoms with Gasteiger partial charge in [-0.3, -0.25) is 0 Å². The molecule has 28 heavy (non-hydrogen) atoms.